The smallest absolute Gasteiger partial charge is 0.170 e. The van der Waals surface area contributed by atoms with Crippen molar-refractivity contribution in [2.45, 2.75) is 19.3 Å². The van der Waals surface area contributed by atoms with Gasteiger partial charge < -0.3 is 19.1 Å². The van der Waals surface area contributed by atoms with Crippen LogP contribution in [0.4, 0.5) is 5.82 Å². The number of hydrogen-bond acceptors (Lipinski definition) is 7. The van der Waals surface area contributed by atoms with Crippen LogP contribution in [0.5, 0.6) is 11.5 Å². The third-order valence-electron chi connectivity index (χ3n) is 6.02. The second-order valence-corrected chi connectivity index (χ2v) is 9.13. The van der Waals surface area contributed by atoms with Gasteiger partial charge in [-0.25, -0.2) is 23.2 Å². The number of morpholine rings is 1. The molecule has 0 aliphatic carbocycles. The summed E-state index contributed by atoms with van der Waals surface area (Å²) in [7, 11) is 3.26. The van der Waals surface area contributed by atoms with Crippen LogP contribution < -0.4 is 19.1 Å². The summed E-state index contributed by atoms with van der Waals surface area (Å²) in [4.78, 5) is 11.3. The molecule has 2 aromatic rings. The van der Waals surface area contributed by atoms with Gasteiger partial charge in [-0.2, -0.15) is 0 Å². The molecule has 31 heavy (non-hydrogen) atoms. The lowest BCUT2D eigenvalue weighted by Gasteiger charge is -2.33. The Morgan fingerprint density at radius 2 is 1.81 bits per heavy atom. The molecule has 1 atom stereocenters. The molecule has 10 heteroatoms. The van der Waals surface area contributed by atoms with E-state index in [0.29, 0.717) is 30.6 Å². The lowest BCUT2D eigenvalue weighted by atomic mass is 9.93. The number of fused-ring (bicyclic) bond motifs is 1. The van der Waals surface area contributed by atoms with Crippen LogP contribution in [0.3, 0.4) is 0 Å². The number of aromatic nitrogens is 2. The van der Waals surface area contributed by atoms with Crippen molar-refractivity contribution in [1.82, 2.24) is 19.0 Å². The van der Waals surface area contributed by atoms with E-state index in [1.54, 1.807) is 20.5 Å². The first kappa shape index (κ1) is 22.2. The summed E-state index contributed by atoms with van der Waals surface area (Å²) < 4.78 is 33.6. The quantitative estimate of drug-likeness (QED) is 0.657. The number of nitrogens with one attached hydrogen (secondary N) is 1. The number of piperidine rings is 1. The van der Waals surface area contributed by atoms with Crippen LogP contribution in [-0.4, -0.2) is 78.6 Å². The highest BCUT2D eigenvalue weighted by Crippen LogP contribution is 2.35. The predicted octanol–water partition coefficient (Wildman–Crippen LogP) is 1.75. The minimum absolute atomic E-state index is 0.619. The normalized spacial score (nSPS) is 19.5. The monoisotopic (exact) mass is 449 g/mol. The minimum atomic E-state index is -1.12. The topological polar surface area (TPSA) is 89.1 Å². The van der Waals surface area contributed by atoms with Gasteiger partial charge in [0.15, 0.2) is 22.7 Å². The zero-order valence-electron chi connectivity index (χ0n) is 18.2. The molecule has 2 aliphatic rings. The summed E-state index contributed by atoms with van der Waals surface area (Å²) >= 11 is -1.12. The molecule has 1 aromatic carbocycles. The third-order valence-corrected chi connectivity index (χ3v) is 7.30. The second-order valence-electron chi connectivity index (χ2n) is 7.83. The Labute approximate surface area is 185 Å². The van der Waals surface area contributed by atoms with Gasteiger partial charge in [-0.1, -0.05) is 0 Å². The van der Waals surface area contributed by atoms with Gasteiger partial charge in [0.1, 0.15) is 12.1 Å². The van der Waals surface area contributed by atoms with Gasteiger partial charge in [0.05, 0.1) is 33.0 Å². The first-order valence-electron chi connectivity index (χ1n) is 10.8. The molecular weight excluding hydrogens is 418 g/mol. The van der Waals surface area contributed by atoms with E-state index in [9.17, 15) is 4.21 Å². The maximum absolute atomic E-state index is 12.3. The van der Waals surface area contributed by atoms with Crippen molar-refractivity contribution >= 4 is 27.9 Å². The molecule has 0 saturated carbocycles. The number of anilines is 1. The number of methoxy groups -OCH3 is 2. The van der Waals surface area contributed by atoms with Crippen LogP contribution in [0.2, 0.25) is 0 Å². The Morgan fingerprint density at radius 3 is 2.52 bits per heavy atom. The van der Waals surface area contributed by atoms with E-state index >= 15 is 0 Å². The van der Waals surface area contributed by atoms with Crippen molar-refractivity contribution < 1.29 is 18.4 Å². The van der Waals surface area contributed by atoms with E-state index in [-0.39, 0.29) is 0 Å². The Balaban J connectivity index is 1.32. The number of hydrogen-bond donors (Lipinski definition) is 1. The van der Waals surface area contributed by atoms with Crippen LogP contribution in [-0.2, 0) is 15.9 Å². The Morgan fingerprint density at radius 1 is 1.10 bits per heavy atom. The average Bonchev–Trinajstić information content (AvgIpc) is 2.83. The van der Waals surface area contributed by atoms with Gasteiger partial charge >= 0.3 is 0 Å². The molecule has 2 aliphatic heterocycles. The highest BCUT2D eigenvalue weighted by Gasteiger charge is 2.23. The van der Waals surface area contributed by atoms with Crippen LogP contribution in [0.15, 0.2) is 18.5 Å². The maximum Gasteiger partial charge on any atom is 0.170 e. The summed E-state index contributed by atoms with van der Waals surface area (Å²) in [5.41, 5.74) is 0.847. The molecule has 0 spiro atoms. The Kier molecular flexibility index (Phi) is 7.54. The molecular formula is C21H31N5O4S. The van der Waals surface area contributed by atoms with Gasteiger partial charge in [0.25, 0.3) is 0 Å². The standard InChI is InChI=1S/C21H31N5O4S/c1-28-19-13-17-18(14-20(19)29-2)22-15-23-21(17)25-7-4-16(5-8-25)3-6-24-31(27)26-9-11-30-12-10-26/h13-16,24H,3-12H2,1-2H3. The maximum atomic E-state index is 12.3. The molecule has 1 aromatic heterocycles. The zero-order chi connectivity index (χ0) is 21.6. The molecule has 2 fully saturated rings. The molecule has 0 amide bonds. The molecule has 3 heterocycles. The van der Waals surface area contributed by atoms with Crippen molar-refractivity contribution in [3.8, 4) is 11.5 Å². The lowest BCUT2D eigenvalue weighted by molar-refractivity contribution is 0.0748. The van der Waals surface area contributed by atoms with E-state index in [0.717, 1.165) is 68.7 Å². The minimum Gasteiger partial charge on any atom is -0.493 e. The third kappa shape index (κ3) is 5.25. The average molecular weight is 450 g/mol. The Bertz CT molecular complexity index is 901. The van der Waals surface area contributed by atoms with Gasteiger partial charge in [-0.3, -0.25) is 0 Å². The summed E-state index contributed by atoms with van der Waals surface area (Å²) in [6, 6.07) is 3.85. The molecule has 0 radical (unpaired) electrons. The Hall–Kier alpha value is -2.01. The first-order valence-corrected chi connectivity index (χ1v) is 11.9. The van der Waals surface area contributed by atoms with Crippen LogP contribution in [0.1, 0.15) is 19.3 Å². The van der Waals surface area contributed by atoms with Crippen LogP contribution in [0.25, 0.3) is 10.9 Å². The van der Waals surface area contributed by atoms with Crippen molar-refractivity contribution in [2.75, 3.05) is 65.1 Å². The molecule has 2 saturated heterocycles. The fraction of sp³-hybridized carbons (Fsp3) is 0.619. The SMILES string of the molecule is COc1cc2ncnc(N3CCC(CCNS(=O)N4CCOCC4)CC3)c2cc1OC. The van der Waals surface area contributed by atoms with Gasteiger partial charge in [-0.05, 0) is 31.2 Å². The zero-order valence-corrected chi connectivity index (χ0v) is 19.0. The van der Waals surface area contributed by atoms with E-state index < -0.39 is 11.2 Å². The first-order chi connectivity index (χ1) is 15.2. The molecule has 0 bridgehead atoms. The van der Waals surface area contributed by atoms with Crippen molar-refractivity contribution in [2.24, 2.45) is 5.92 Å². The highest BCUT2D eigenvalue weighted by atomic mass is 32.2. The summed E-state index contributed by atoms with van der Waals surface area (Å²) in [6.45, 7) is 5.41. The number of rotatable bonds is 8. The molecule has 9 nitrogen and oxygen atoms in total. The number of benzene rings is 1. The summed E-state index contributed by atoms with van der Waals surface area (Å²) in [5.74, 6) is 2.91. The highest BCUT2D eigenvalue weighted by molar-refractivity contribution is 7.80. The number of nitrogens with zero attached hydrogens (tertiary/aromatic N) is 4. The van der Waals surface area contributed by atoms with Gasteiger partial charge in [0, 0.05) is 44.2 Å². The molecule has 1 N–H and O–H groups in total. The fourth-order valence-electron chi connectivity index (χ4n) is 4.21. The molecule has 170 valence electrons. The van der Waals surface area contributed by atoms with E-state index in [1.165, 1.54) is 0 Å². The lowest BCUT2D eigenvalue weighted by Crippen LogP contribution is -2.43. The van der Waals surface area contributed by atoms with Crippen molar-refractivity contribution in [1.29, 1.82) is 0 Å². The van der Waals surface area contributed by atoms with Crippen LogP contribution >= 0.6 is 0 Å². The van der Waals surface area contributed by atoms with E-state index in [4.69, 9.17) is 14.2 Å². The van der Waals surface area contributed by atoms with Gasteiger partial charge in [0.2, 0.25) is 0 Å². The summed E-state index contributed by atoms with van der Waals surface area (Å²) in [6.07, 6.45) is 4.81. The predicted molar refractivity (Wildman–Crippen MR) is 121 cm³/mol. The largest absolute Gasteiger partial charge is 0.493 e. The van der Waals surface area contributed by atoms with Gasteiger partial charge in [-0.15, -0.1) is 0 Å². The van der Waals surface area contributed by atoms with Crippen molar-refractivity contribution in [3.05, 3.63) is 18.5 Å². The van der Waals surface area contributed by atoms with Crippen LogP contribution in [0, 0.1) is 5.92 Å². The molecule has 1 unspecified atom stereocenters. The van der Waals surface area contributed by atoms with E-state index in [2.05, 4.69) is 19.6 Å². The number of ether oxygens (including phenoxy) is 3. The van der Waals surface area contributed by atoms with E-state index in [1.807, 2.05) is 16.4 Å². The molecule has 4 rings (SSSR count). The fourth-order valence-corrected chi connectivity index (χ4v) is 5.16. The summed E-state index contributed by atoms with van der Waals surface area (Å²) in [5, 5.41) is 0.973. The second kappa shape index (κ2) is 10.5. The van der Waals surface area contributed by atoms with Crippen molar-refractivity contribution in [3.63, 3.8) is 0 Å².